The van der Waals surface area contributed by atoms with E-state index >= 15 is 0 Å². The molecular weight excluding hydrogens is 247 g/mol. The Hall–Kier alpha value is -1.39. The van der Waals surface area contributed by atoms with Crippen LogP contribution in [0.3, 0.4) is 0 Å². The Morgan fingerprint density at radius 3 is 2.79 bits per heavy atom. The lowest BCUT2D eigenvalue weighted by atomic mass is 9.95. The van der Waals surface area contributed by atoms with Crippen molar-refractivity contribution in [3.63, 3.8) is 0 Å². The molecule has 0 radical (unpaired) electrons. The van der Waals surface area contributed by atoms with E-state index in [2.05, 4.69) is 5.16 Å². The van der Waals surface area contributed by atoms with Crippen LogP contribution >= 0.6 is 0 Å². The Kier molecular flexibility index (Phi) is 3.53. The van der Waals surface area contributed by atoms with Crippen LogP contribution in [-0.2, 0) is 12.8 Å². The average Bonchev–Trinajstić information content (AvgIpc) is 2.90. The van der Waals surface area contributed by atoms with Gasteiger partial charge in [-0.3, -0.25) is 9.18 Å². The molecule has 1 saturated heterocycles. The van der Waals surface area contributed by atoms with Crippen molar-refractivity contribution in [3.05, 3.63) is 17.0 Å². The maximum Gasteiger partial charge on any atom is 0.292 e. The highest BCUT2D eigenvalue weighted by molar-refractivity contribution is 5.93. The summed E-state index contributed by atoms with van der Waals surface area (Å²) in [5, 5.41) is 4.02. The van der Waals surface area contributed by atoms with Crippen molar-refractivity contribution in [2.45, 2.75) is 38.5 Å². The van der Waals surface area contributed by atoms with Crippen LogP contribution in [-0.4, -0.2) is 35.7 Å². The normalized spacial score (nSPS) is 20.4. The second-order valence-corrected chi connectivity index (χ2v) is 5.53. The highest BCUT2D eigenvalue weighted by Gasteiger charge is 2.30. The molecule has 0 unspecified atom stereocenters. The van der Waals surface area contributed by atoms with Gasteiger partial charge >= 0.3 is 0 Å². The number of likely N-dealkylation sites (tertiary alicyclic amines) is 1. The predicted molar refractivity (Wildman–Crippen MR) is 67.7 cm³/mol. The number of halogens is 1. The minimum atomic E-state index is -0.278. The van der Waals surface area contributed by atoms with E-state index in [1.165, 1.54) is 0 Å². The number of aromatic nitrogens is 1. The number of hydrogen-bond donors (Lipinski definition) is 0. The molecule has 2 heterocycles. The summed E-state index contributed by atoms with van der Waals surface area (Å²) in [5.74, 6) is 0.481. The number of fused-ring (bicyclic) bond motifs is 1. The topological polar surface area (TPSA) is 46.3 Å². The molecule has 1 fully saturated rings. The van der Waals surface area contributed by atoms with Gasteiger partial charge in [0.2, 0.25) is 5.76 Å². The highest BCUT2D eigenvalue weighted by atomic mass is 19.1. The Balaban J connectivity index is 1.72. The van der Waals surface area contributed by atoms with Crippen LogP contribution in [0.2, 0.25) is 0 Å². The third-order valence-electron chi connectivity index (χ3n) is 4.27. The van der Waals surface area contributed by atoms with Gasteiger partial charge < -0.3 is 9.42 Å². The van der Waals surface area contributed by atoms with E-state index in [0.29, 0.717) is 18.8 Å². The molecule has 3 rings (SSSR count). The maximum absolute atomic E-state index is 12.6. The van der Waals surface area contributed by atoms with Gasteiger partial charge in [0.15, 0.2) is 0 Å². The molecule has 1 amide bonds. The van der Waals surface area contributed by atoms with Gasteiger partial charge in [-0.1, -0.05) is 5.16 Å². The number of alkyl halides is 1. The van der Waals surface area contributed by atoms with Crippen LogP contribution in [0.1, 0.15) is 47.5 Å². The molecular formula is C14H19FN2O2. The smallest absolute Gasteiger partial charge is 0.292 e. The zero-order valence-corrected chi connectivity index (χ0v) is 11.0. The zero-order chi connectivity index (χ0) is 13.2. The second kappa shape index (κ2) is 5.31. The van der Waals surface area contributed by atoms with E-state index in [0.717, 1.165) is 49.8 Å². The summed E-state index contributed by atoms with van der Waals surface area (Å²) in [4.78, 5) is 14.2. The van der Waals surface area contributed by atoms with Crippen LogP contribution < -0.4 is 0 Å². The van der Waals surface area contributed by atoms with Crippen LogP contribution in [0.25, 0.3) is 0 Å². The molecule has 0 atom stereocenters. The number of carbonyl (C=O) groups excluding carboxylic acids is 1. The van der Waals surface area contributed by atoms with E-state index in [-0.39, 0.29) is 18.5 Å². The standard InChI is InChI=1S/C14H19FN2O2/c15-9-10-5-7-17(8-6-10)14(18)13-11-3-1-2-4-12(11)16-19-13/h10H,1-9H2. The van der Waals surface area contributed by atoms with E-state index in [1.807, 2.05) is 0 Å². The third-order valence-corrected chi connectivity index (χ3v) is 4.27. The molecule has 1 aromatic heterocycles. The number of piperidine rings is 1. The molecule has 0 spiro atoms. The van der Waals surface area contributed by atoms with Gasteiger partial charge in [0.1, 0.15) is 0 Å². The van der Waals surface area contributed by atoms with Crippen LogP contribution in [0.4, 0.5) is 4.39 Å². The van der Waals surface area contributed by atoms with Gasteiger partial charge in [0.25, 0.3) is 5.91 Å². The van der Waals surface area contributed by atoms with Crippen molar-refractivity contribution < 1.29 is 13.7 Å². The summed E-state index contributed by atoms with van der Waals surface area (Å²) in [6.45, 7) is 0.978. The fourth-order valence-electron chi connectivity index (χ4n) is 2.99. The molecule has 0 N–H and O–H groups in total. The highest BCUT2D eigenvalue weighted by Crippen LogP contribution is 2.26. The molecule has 19 heavy (non-hydrogen) atoms. The lowest BCUT2D eigenvalue weighted by Crippen LogP contribution is -2.39. The largest absolute Gasteiger partial charge is 0.350 e. The van der Waals surface area contributed by atoms with Gasteiger partial charge in [-0.25, -0.2) is 0 Å². The first kappa shape index (κ1) is 12.6. The fraction of sp³-hybridized carbons (Fsp3) is 0.714. The van der Waals surface area contributed by atoms with Crippen molar-refractivity contribution in [3.8, 4) is 0 Å². The fourth-order valence-corrected chi connectivity index (χ4v) is 2.99. The first-order valence-electron chi connectivity index (χ1n) is 7.12. The van der Waals surface area contributed by atoms with E-state index < -0.39 is 0 Å². The van der Waals surface area contributed by atoms with Gasteiger partial charge in [0.05, 0.1) is 12.4 Å². The summed E-state index contributed by atoms with van der Waals surface area (Å²) in [6.07, 6.45) is 5.52. The van der Waals surface area contributed by atoms with E-state index in [4.69, 9.17) is 4.52 Å². The number of aryl methyl sites for hydroxylation is 1. The molecule has 1 aromatic rings. The Morgan fingerprint density at radius 2 is 2.05 bits per heavy atom. The SMILES string of the molecule is O=C(c1onc2c1CCCC2)N1CCC(CF)CC1. The quantitative estimate of drug-likeness (QED) is 0.825. The summed E-state index contributed by atoms with van der Waals surface area (Å²) in [7, 11) is 0. The van der Waals surface area contributed by atoms with Crippen LogP contribution in [0, 0.1) is 5.92 Å². The molecule has 4 nitrogen and oxygen atoms in total. The average molecular weight is 266 g/mol. The van der Waals surface area contributed by atoms with E-state index in [1.54, 1.807) is 4.90 Å². The Labute approximate surface area is 111 Å². The Bertz CT molecular complexity index is 464. The summed E-state index contributed by atoms with van der Waals surface area (Å²) in [5.41, 5.74) is 1.96. The minimum absolute atomic E-state index is 0.0621. The van der Waals surface area contributed by atoms with Crippen molar-refractivity contribution in [1.29, 1.82) is 0 Å². The Morgan fingerprint density at radius 1 is 1.32 bits per heavy atom. The number of hydrogen-bond acceptors (Lipinski definition) is 3. The molecule has 0 saturated carbocycles. The van der Waals surface area contributed by atoms with Crippen molar-refractivity contribution >= 4 is 5.91 Å². The first-order valence-corrected chi connectivity index (χ1v) is 7.12. The minimum Gasteiger partial charge on any atom is -0.350 e. The van der Waals surface area contributed by atoms with Crippen LogP contribution in [0.15, 0.2) is 4.52 Å². The summed E-state index contributed by atoms with van der Waals surface area (Å²) in [6, 6.07) is 0. The molecule has 0 bridgehead atoms. The number of nitrogens with zero attached hydrogens (tertiary/aromatic N) is 2. The molecule has 1 aliphatic heterocycles. The van der Waals surface area contributed by atoms with Gasteiger partial charge in [-0.2, -0.15) is 0 Å². The lowest BCUT2D eigenvalue weighted by molar-refractivity contribution is 0.0635. The van der Waals surface area contributed by atoms with Crippen molar-refractivity contribution in [2.75, 3.05) is 19.8 Å². The number of carbonyl (C=O) groups is 1. The van der Waals surface area contributed by atoms with Crippen molar-refractivity contribution in [1.82, 2.24) is 10.1 Å². The molecule has 2 aliphatic rings. The monoisotopic (exact) mass is 266 g/mol. The van der Waals surface area contributed by atoms with E-state index in [9.17, 15) is 9.18 Å². The predicted octanol–water partition coefficient (Wildman–Crippen LogP) is 2.38. The second-order valence-electron chi connectivity index (χ2n) is 5.53. The van der Waals surface area contributed by atoms with Crippen molar-refractivity contribution in [2.24, 2.45) is 5.92 Å². The molecule has 5 heteroatoms. The van der Waals surface area contributed by atoms with Crippen LogP contribution in [0.5, 0.6) is 0 Å². The molecule has 104 valence electrons. The third kappa shape index (κ3) is 2.38. The van der Waals surface area contributed by atoms with Gasteiger partial charge in [0, 0.05) is 18.7 Å². The first-order chi connectivity index (χ1) is 9.29. The number of rotatable bonds is 2. The maximum atomic E-state index is 12.6. The zero-order valence-electron chi connectivity index (χ0n) is 11.0. The lowest BCUT2D eigenvalue weighted by Gasteiger charge is -2.30. The van der Waals surface area contributed by atoms with Gasteiger partial charge in [-0.15, -0.1) is 0 Å². The summed E-state index contributed by atoms with van der Waals surface area (Å²) >= 11 is 0. The summed E-state index contributed by atoms with van der Waals surface area (Å²) < 4.78 is 17.8. The molecule has 0 aromatic carbocycles. The number of amides is 1. The van der Waals surface area contributed by atoms with Gasteiger partial charge in [-0.05, 0) is 44.4 Å². The molecule has 1 aliphatic carbocycles.